The normalized spacial score (nSPS) is 16.5. The topological polar surface area (TPSA) is 50.8 Å². The Kier molecular flexibility index (Phi) is 7.54. The van der Waals surface area contributed by atoms with Gasteiger partial charge < -0.3 is 14.8 Å². The van der Waals surface area contributed by atoms with Crippen LogP contribution < -0.4 is 10.1 Å². The van der Waals surface area contributed by atoms with Gasteiger partial charge in [-0.2, -0.15) is 0 Å². The number of para-hydroxylation sites is 1. The van der Waals surface area contributed by atoms with E-state index in [1.807, 2.05) is 54.6 Å². The molecule has 5 heteroatoms. The minimum atomic E-state index is -0.0929. The lowest BCUT2D eigenvalue weighted by Crippen LogP contribution is -2.40. The van der Waals surface area contributed by atoms with Crippen LogP contribution in [0.3, 0.4) is 0 Å². The zero-order valence-electron chi connectivity index (χ0n) is 18.5. The molecule has 1 saturated heterocycles. The molecule has 0 spiro atoms. The number of hydrogen-bond acceptors (Lipinski definition) is 4. The zero-order chi connectivity index (χ0) is 22.2. The standard InChI is InChI=1S/C27H30N2O3/c1-21-18-29(14-15-31-21)19-23-9-7-8-22(16-23)17-28-27(30)26-13-6-5-10-24(26)20-32-25-11-3-2-4-12-25/h2-13,16,21H,14-15,17-20H2,1H3,(H,28,30). The van der Waals surface area contributed by atoms with Crippen LogP contribution in [0.4, 0.5) is 0 Å². The summed E-state index contributed by atoms with van der Waals surface area (Å²) < 4.78 is 11.5. The monoisotopic (exact) mass is 430 g/mol. The van der Waals surface area contributed by atoms with E-state index in [1.54, 1.807) is 0 Å². The van der Waals surface area contributed by atoms with E-state index in [1.165, 1.54) is 5.56 Å². The molecule has 1 aliphatic rings. The summed E-state index contributed by atoms with van der Waals surface area (Å²) in [4.78, 5) is 15.3. The first-order valence-electron chi connectivity index (χ1n) is 11.1. The van der Waals surface area contributed by atoms with Gasteiger partial charge in [0.05, 0.1) is 12.7 Å². The molecule has 0 saturated carbocycles. The number of rotatable bonds is 8. The van der Waals surface area contributed by atoms with Gasteiger partial charge in [-0.15, -0.1) is 0 Å². The highest BCUT2D eigenvalue weighted by molar-refractivity contribution is 5.95. The van der Waals surface area contributed by atoms with E-state index >= 15 is 0 Å². The van der Waals surface area contributed by atoms with Crippen LogP contribution in [0, 0.1) is 0 Å². The van der Waals surface area contributed by atoms with Gasteiger partial charge in [0, 0.05) is 37.3 Å². The van der Waals surface area contributed by atoms with Gasteiger partial charge in [-0.3, -0.25) is 9.69 Å². The Morgan fingerprint density at radius 3 is 2.66 bits per heavy atom. The van der Waals surface area contributed by atoms with Gasteiger partial charge >= 0.3 is 0 Å². The molecule has 0 aliphatic carbocycles. The summed E-state index contributed by atoms with van der Waals surface area (Å²) in [7, 11) is 0. The van der Waals surface area contributed by atoms with Crippen LogP contribution in [0.15, 0.2) is 78.9 Å². The quantitative estimate of drug-likeness (QED) is 0.575. The van der Waals surface area contributed by atoms with Crippen molar-refractivity contribution in [3.63, 3.8) is 0 Å². The Morgan fingerprint density at radius 1 is 1.03 bits per heavy atom. The summed E-state index contributed by atoms with van der Waals surface area (Å²) in [5.74, 6) is 0.693. The van der Waals surface area contributed by atoms with Gasteiger partial charge in [0.25, 0.3) is 5.91 Å². The molecule has 1 amide bonds. The average molecular weight is 431 g/mol. The molecule has 5 nitrogen and oxygen atoms in total. The number of nitrogens with zero attached hydrogens (tertiary/aromatic N) is 1. The number of benzene rings is 3. The van der Waals surface area contributed by atoms with Crippen molar-refractivity contribution in [2.24, 2.45) is 0 Å². The first-order chi connectivity index (χ1) is 15.7. The highest BCUT2D eigenvalue weighted by Gasteiger charge is 2.17. The molecule has 32 heavy (non-hydrogen) atoms. The van der Waals surface area contributed by atoms with Crippen LogP contribution in [0.2, 0.25) is 0 Å². The summed E-state index contributed by atoms with van der Waals surface area (Å²) in [6, 6.07) is 25.6. The summed E-state index contributed by atoms with van der Waals surface area (Å²) in [5.41, 5.74) is 3.85. The zero-order valence-corrected chi connectivity index (χ0v) is 18.5. The van der Waals surface area contributed by atoms with Gasteiger partial charge in [-0.25, -0.2) is 0 Å². The minimum Gasteiger partial charge on any atom is -0.489 e. The van der Waals surface area contributed by atoms with E-state index in [0.717, 1.165) is 43.1 Å². The number of carbonyl (C=O) groups excluding carboxylic acids is 1. The number of amides is 1. The van der Waals surface area contributed by atoms with Crippen LogP contribution in [0.5, 0.6) is 5.75 Å². The molecule has 1 N–H and O–H groups in total. The SMILES string of the molecule is CC1CN(Cc2cccc(CNC(=O)c3ccccc3COc3ccccc3)c2)CCO1. The van der Waals surface area contributed by atoms with Crippen LogP contribution in [-0.2, 0) is 24.4 Å². The lowest BCUT2D eigenvalue weighted by molar-refractivity contribution is -0.0212. The fraction of sp³-hybridized carbons (Fsp3) is 0.296. The predicted molar refractivity (Wildman–Crippen MR) is 126 cm³/mol. The van der Waals surface area contributed by atoms with Crippen LogP contribution >= 0.6 is 0 Å². The molecule has 4 rings (SSSR count). The second-order valence-electron chi connectivity index (χ2n) is 8.18. The highest BCUT2D eigenvalue weighted by Crippen LogP contribution is 2.16. The van der Waals surface area contributed by atoms with Crippen molar-refractivity contribution in [3.8, 4) is 5.75 Å². The molecule has 0 radical (unpaired) electrons. The molecule has 1 unspecified atom stereocenters. The van der Waals surface area contributed by atoms with Crippen molar-refractivity contribution in [1.29, 1.82) is 0 Å². The van der Waals surface area contributed by atoms with Crippen molar-refractivity contribution in [3.05, 3.63) is 101 Å². The largest absolute Gasteiger partial charge is 0.489 e. The lowest BCUT2D eigenvalue weighted by atomic mass is 10.1. The van der Waals surface area contributed by atoms with E-state index < -0.39 is 0 Å². The maximum atomic E-state index is 12.9. The van der Waals surface area contributed by atoms with Gasteiger partial charge in [0.1, 0.15) is 12.4 Å². The van der Waals surface area contributed by atoms with Gasteiger partial charge in [0.15, 0.2) is 0 Å². The van der Waals surface area contributed by atoms with Crippen molar-refractivity contribution in [1.82, 2.24) is 10.2 Å². The summed E-state index contributed by atoms with van der Waals surface area (Å²) >= 11 is 0. The van der Waals surface area contributed by atoms with Crippen LogP contribution in [-0.4, -0.2) is 36.6 Å². The summed E-state index contributed by atoms with van der Waals surface area (Å²) in [6.45, 7) is 6.53. The lowest BCUT2D eigenvalue weighted by Gasteiger charge is -2.31. The molecule has 166 valence electrons. The third kappa shape index (κ3) is 6.19. The molecule has 1 atom stereocenters. The Hall–Kier alpha value is -3.15. The van der Waals surface area contributed by atoms with Gasteiger partial charge in [0.2, 0.25) is 0 Å². The molecule has 0 aromatic heterocycles. The first-order valence-corrected chi connectivity index (χ1v) is 11.1. The number of morpholine rings is 1. The van der Waals surface area contributed by atoms with E-state index in [4.69, 9.17) is 9.47 Å². The molecule has 1 aliphatic heterocycles. The van der Waals surface area contributed by atoms with Crippen molar-refractivity contribution >= 4 is 5.91 Å². The third-order valence-corrected chi connectivity index (χ3v) is 5.58. The number of nitrogens with one attached hydrogen (secondary N) is 1. The molecule has 0 bridgehead atoms. The molecular weight excluding hydrogens is 400 g/mol. The van der Waals surface area contributed by atoms with Gasteiger partial charge in [-0.1, -0.05) is 60.7 Å². The van der Waals surface area contributed by atoms with Crippen LogP contribution in [0.25, 0.3) is 0 Å². The van der Waals surface area contributed by atoms with Gasteiger partial charge in [-0.05, 0) is 36.2 Å². The van der Waals surface area contributed by atoms with E-state index in [0.29, 0.717) is 18.7 Å². The number of ether oxygens (including phenoxy) is 2. The van der Waals surface area contributed by atoms with Crippen molar-refractivity contribution in [2.75, 3.05) is 19.7 Å². The first kappa shape index (κ1) is 22.1. The third-order valence-electron chi connectivity index (χ3n) is 5.58. The smallest absolute Gasteiger partial charge is 0.251 e. The second-order valence-corrected chi connectivity index (χ2v) is 8.18. The Balaban J connectivity index is 1.35. The van der Waals surface area contributed by atoms with E-state index in [9.17, 15) is 4.79 Å². The molecule has 1 fully saturated rings. The maximum Gasteiger partial charge on any atom is 0.251 e. The van der Waals surface area contributed by atoms with E-state index in [2.05, 4.69) is 41.4 Å². The average Bonchev–Trinajstić information content (AvgIpc) is 2.82. The minimum absolute atomic E-state index is 0.0929. The Labute approximate surface area is 190 Å². The van der Waals surface area contributed by atoms with Crippen molar-refractivity contribution in [2.45, 2.75) is 32.7 Å². The predicted octanol–water partition coefficient (Wildman–Crippen LogP) is 4.42. The van der Waals surface area contributed by atoms with Crippen molar-refractivity contribution < 1.29 is 14.3 Å². The maximum absolute atomic E-state index is 12.9. The van der Waals surface area contributed by atoms with Crippen LogP contribution in [0.1, 0.15) is 34.0 Å². The molecule has 3 aromatic rings. The number of carbonyl (C=O) groups is 1. The molecular formula is C27H30N2O3. The Bertz CT molecular complexity index is 1020. The fourth-order valence-corrected chi connectivity index (χ4v) is 3.95. The fourth-order valence-electron chi connectivity index (χ4n) is 3.95. The highest BCUT2D eigenvalue weighted by atomic mass is 16.5. The van der Waals surface area contributed by atoms with E-state index in [-0.39, 0.29) is 12.0 Å². The molecule has 1 heterocycles. The molecule has 3 aromatic carbocycles. The summed E-state index contributed by atoms with van der Waals surface area (Å²) in [5, 5.41) is 3.06. The summed E-state index contributed by atoms with van der Waals surface area (Å²) in [6.07, 6.45) is 0.275. The Morgan fingerprint density at radius 2 is 1.81 bits per heavy atom. The second kappa shape index (κ2) is 10.9. The number of hydrogen-bond donors (Lipinski definition) is 1.